The van der Waals surface area contributed by atoms with Crippen LogP contribution in [-0.2, 0) is 4.79 Å². The Kier molecular flexibility index (Phi) is 3.00. The van der Waals surface area contributed by atoms with Crippen LogP contribution >= 0.6 is 0 Å². The molecule has 0 aliphatic heterocycles. The van der Waals surface area contributed by atoms with Crippen molar-refractivity contribution in [3.8, 4) is 0 Å². The first-order valence-electron chi connectivity index (χ1n) is 6.29. The highest BCUT2D eigenvalue weighted by Gasteiger charge is 2.32. The minimum atomic E-state index is -1.01. The Balaban J connectivity index is 2.07. The van der Waals surface area contributed by atoms with Gasteiger partial charge in [-0.1, -0.05) is 12.2 Å². The molecule has 0 fully saturated rings. The van der Waals surface area contributed by atoms with Gasteiger partial charge < -0.3 is 10.1 Å². The van der Waals surface area contributed by atoms with Gasteiger partial charge in [0.1, 0.15) is 11.3 Å². The van der Waals surface area contributed by atoms with E-state index in [4.69, 9.17) is 0 Å². The molecule has 1 aliphatic carbocycles. The van der Waals surface area contributed by atoms with Crippen LogP contribution in [0, 0.1) is 17.6 Å². The van der Waals surface area contributed by atoms with Crippen LogP contribution in [0.1, 0.15) is 24.6 Å². The molecule has 0 radical (unpaired) electrons. The van der Waals surface area contributed by atoms with Crippen molar-refractivity contribution in [1.29, 1.82) is 0 Å². The highest BCUT2D eigenvalue weighted by Crippen LogP contribution is 2.34. The smallest absolute Gasteiger partial charge is 0.307 e. The number of aliphatic carboxylic acids is 1. The number of aromatic amines is 1. The van der Waals surface area contributed by atoms with Crippen molar-refractivity contribution in [3.05, 3.63) is 41.7 Å². The van der Waals surface area contributed by atoms with Gasteiger partial charge in [0, 0.05) is 5.92 Å². The van der Waals surface area contributed by atoms with E-state index in [0.717, 1.165) is 6.07 Å². The Morgan fingerprint density at radius 1 is 1.30 bits per heavy atom. The van der Waals surface area contributed by atoms with E-state index in [1.165, 1.54) is 6.07 Å². The second kappa shape index (κ2) is 4.70. The van der Waals surface area contributed by atoms with Crippen molar-refractivity contribution in [3.63, 3.8) is 0 Å². The fourth-order valence-corrected chi connectivity index (χ4v) is 2.60. The molecule has 2 N–H and O–H groups in total. The number of carboxylic acids is 1. The third-order valence-corrected chi connectivity index (χ3v) is 3.66. The Morgan fingerprint density at radius 2 is 2.05 bits per heavy atom. The normalized spacial score (nSPS) is 22.3. The second-order valence-corrected chi connectivity index (χ2v) is 4.87. The molecular formula is C14H12F2N2O2. The summed E-state index contributed by atoms with van der Waals surface area (Å²) in [6, 6.07) is 2.42. The molecule has 0 amide bonds. The molecular weight excluding hydrogens is 266 g/mol. The zero-order chi connectivity index (χ0) is 14.3. The number of rotatable bonds is 2. The fourth-order valence-electron chi connectivity index (χ4n) is 2.60. The summed E-state index contributed by atoms with van der Waals surface area (Å²) in [5, 5.41) is 9.23. The standard InChI is InChI=1S/C14H12F2N2O2/c15-9-5-6-10-12(11(9)16)18-13(17-10)7-3-1-2-4-8(7)14(19)20/h1-2,5-8H,3-4H2,(H,17,18)(H,19,20)/t7-,8+/m1/s1. The number of nitrogens with zero attached hydrogens (tertiary/aromatic N) is 1. The number of hydrogen-bond acceptors (Lipinski definition) is 2. The second-order valence-electron chi connectivity index (χ2n) is 4.87. The van der Waals surface area contributed by atoms with Gasteiger partial charge in [0.2, 0.25) is 0 Å². The van der Waals surface area contributed by atoms with Gasteiger partial charge in [-0.2, -0.15) is 0 Å². The highest BCUT2D eigenvalue weighted by molar-refractivity contribution is 5.77. The first-order valence-corrected chi connectivity index (χ1v) is 6.29. The summed E-state index contributed by atoms with van der Waals surface area (Å²) >= 11 is 0. The summed E-state index contributed by atoms with van der Waals surface area (Å²) in [5.41, 5.74) is 0.288. The highest BCUT2D eigenvalue weighted by atomic mass is 19.2. The molecule has 0 unspecified atom stereocenters. The molecule has 1 aromatic heterocycles. The molecule has 2 aromatic rings. The van der Waals surface area contributed by atoms with E-state index < -0.39 is 23.5 Å². The number of halogens is 2. The Labute approximate surface area is 113 Å². The Morgan fingerprint density at radius 3 is 2.80 bits per heavy atom. The van der Waals surface area contributed by atoms with Crippen molar-refractivity contribution in [2.45, 2.75) is 18.8 Å². The largest absolute Gasteiger partial charge is 0.481 e. The van der Waals surface area contributed by atoms with E-state index in [0.29, 0.717) is 24.2 Å². The summed E-state index contributed by atoms with van der Waals surface area (Å²) < 4.78 is 26.8. The third-order valence-electron chi connectivity index (χ3n) is 3.66. The lowest BCUT2D eigenvalue weighted by molar-refractivity contribution is -0.142. The van der Waals surface area contributed by atoms with Crippen molar-refractivity contribution < 1.29 is 18.7 Å². The topological polar surface area (TPSA) is 66.0 Å². The van der Waals surface area contributed by atoms with Crippen LogP contribution < -0.4 is 0 Å². The number of imidazole rings is 1. The van der Waals surface area contributed by atoms with Crippen LogP contribution in [-0.4, -0.2) is 21.0 Å². The minimum Gasteiger partial charge on any atom is -0.481 e. The summed E-state index contributed by atoms with van der Waals surface area (Å²) in [6.07, 6.45) is 4.63. The lowest BCUT2D eigenvalue weighted by Crippen LogP contribution is -2.24. The van der Waals surface area contributed by atoms with Crippen molar-refractivity contribution in [1.82, 2.24) is 9.97 Å². The third kappa shape index (κ3) is 1.97. The predicted octanol–water partition coefficient (Wildman–Crippen LogP) is 2.98. The van der Waals surface area contributed by atoms with Crippen LogP contribution in [0.2, 0.25) is 0 Å². The molecule has 0 saturated carbocycles. The summed E-state index contributed by atoms with van der Waals surface area (Å²) in [7, 11) is 0. The Hall–Kier alpha value is -2.24. The maximum atomic E-state index is 13.6. The van der Waals surface area contributed by atoms with Gasteiger partial charge in [-0.15, -0.1) is 0 Å². The molecule has 6 heteroatoms. The number of benzene rings is 1. The van der Waals surface area contributed by atoms with Crippen LogP contribution in [0.5, 0.6) is 0 Å². The van der Waals surface area contributed by atoms with Crippen molar-refractivity contribution >= 4 is 17.0 Å². The lowest BCUT2D eigenvalue weighted by Gasteiger charge is -2.23. The number of fused-ring (bicyclic) bond motifs is 1. The molecule has 0 bridgehead atoms. The molecule has 0 saturated heterocycles. The summed E-state index contributed by atoms with van der Waals surface area (Å²) in [4.78, 5) is 18.2. The number of carbonyl (C=O) groups is 1. The average Bonchev–Trinajstić information content (AvgIpc) is 2.88. The fraction of sp³-hybridized carbons (Fsp3) is 0.286. The van der Waals surface area contributed by atoms with E-state index in [2.05, 4.69) is 9.97 Å². The molecule has 1 aliphatic rings. The number of carboxylic acid groups (broad SMARTS) is 1. The van der Waals surface area contributed by atoms with Gasteiger partial charge in [0.25, 0.3) is 0 Å². The van der Waals surface area contributed by atoms with E-state index in [1.807, 2.05) is 12.2 Å². The SMILES string of the molecule is O=C(O)[C@H]1CC=CC[C@H]1c1nc2c(F)c(F)ccc2[nH]1. The molecule has 1 heterocycles. The minimum absolute atomic E-state index is 0.0845. The van der Waals surface area contributed by atoms with Gasteiger partial charge in [-0.05, 0) is 25.0 Å². The number of aromatic nitrogens is 2. The van der Waals surface area contributed by atoms with E-state index in [1.54, 1.807) is 0 Å². The van der Waals surface area contributed by atoms with Crippen molar-refractivity contribution in [2.75, 3.05) is 0 Å². The van der Waals surface area contributed by atoms with Crippen LogP contribution in [0.15, 0.2) is 24.3 Å². The molecule has 4 nitrogen and oxygen atoms in total. The zero-order valence-corrected chi connectivity index (χ0v) is 10.4. The average molecular weight is 278 g/mol. The zero-order valence-electron chi connectivity index (χ0n) is 10.4. The number of hydrogen-bond donors (Lipinski definition) is 2. The lowest BCUT2D eigenvalue weighted by atomic mass is 9.82. The van der Waals surface area contributed by atoms with Crippen LogP contribution in [0.3, 0.4) is 0 Å². The maximum absolute atomic E-state index is 13.6. The van der Waals surface area contributed by atoms with Gasteiger partial charge >= 0.3 is 5.97 Å². The summed E-state index contributed by atoms with van der Waals surface area (Å²) in [6.45, 7) is 0. The number of H-pyrrole nitrogens is 1. The van der Waals surface area contributed by atoms with Gasteiger partial charge in [-0.25, -0.2) is 13.8 Å². The maximum Gasteiger partial charge on any atom is 0.307 e. The van der Waals surface area contributed by atoms with Gasteiger partial charge in [-0.3, -0.25) is 4.79 Å². The quantitative estimate of drug-likeness (QED) is 0.830. The molecule has 0 spiro atoms. The van der Waals surface area contributed by atoms with Gasteiger partial charge in [0.05, 0.1) is 11.4 Å². The molecule has 1 aromatic carbocycles. The monoisotopic (exact) mass is 278 g/mol. The summed E-state index contributed by atoms with van der Waals surface area (Å²) in [5.74, 6) is -3.45. The first-order chi connectivity index (χ1) is 9.58. The predicted molar refractivity (Wildman–Crippen MR) is 68.3 cm³/mol. The molecule has 104 valence electrons. The van der Waals surface area contributed by atoms with Gasteiger partial charge in [0.15, 0.2) is 11.6 Å². The number of allylic oxidation sites excluding steroid dienone is 2. The van der Waals surface area contributed by atoms with E-state index in [-0.39, 0.29) is 11.4 Å². The first kappa shape index (κ1) is 12.8. The van der Waals surface area contributed by atoms with Crippen LogP contribution in [0.4, 0.5) is 8.78 Å². The van der Waals surface area contributed by atoms with Crippen LogP contribution in [0.25, 0.3) is 11.0 Å². The molecule has 2 atom stereocenters. The number of nitrogens with one attached hydrogen (secondary N) is 1. The van der Waals surface area contributed by atoms with E-state index in [9.17, 15) is 18.7 Å². The van der Waals surface area contributed by atoms with Crippen molar-refractivity contribution in [2.24, 2.45) is 5.92 Å². The Bertz CT molecular complexity index is 709. The molecule has 20 heavy (non-hydrogen) atoms. The molecule has 3 rings (SSSR count). The van der Waals surface area contributed by atoms with E-state index >= 15 is 0 Å².